The molecule has 0 aliphatic rings. The Bertz CT molecular complexity index is 726. The van der Waals surface area contributed by atoms with Crippen molar-refractivity contribution < 1.29 is 8.95 Å². The van der Waals surface area contributed by atoms with Gasteiger partial charge >= 0.3 is 0 Å². The second-order valence-corrected chi connectivity index (χ2v) is 7.72. The highest BCUT2D eigenvalue weighted by molar-refractivity contribution is 7.85. The molecule has 2 aromatic rings. The molecule has 21 heavy (non-hydrogen) atoms. The van der Waals surface area contributed by atoms with E-state index in [1.54, 1.807) is 18.2 Å². The van der Waals surface area contributed by atoms with Crippen molar-refractivity contribution in [3.05, 3.63) is 28.9 Å². The molecule has 1 aromatic carbocycles. The van der Waals surface area contributed by atoms with Gasteiger partial charge in [-0.2, -0.15) is 4.40 Å². The average molecular weight is 326 g/mol. The van der Waals surface area contributed by atoms with Crippen LogP contribution in [0, 0.1) is 0 Å². The smallest absolute Gasteiger partial charge is 0.241 e. The Hall–Kier alpha value is -1.53. The predicted octanol–water partition coefficient (Wildman–Crippen LogP) is 3.17. The molecule has 0 amide bonds. The number of benzene rings is 1. The standard InChI is InChI=1S/C14H16ClN3O2S/c1-14(2,3)21(19)16-8-12-13(20-4)18-10-6-5-9(15)7-11(10)17-12/h5-8H,1-4H3/b16-8+/t21-/m0/s1. The third-order valence-electron chi connectivity index (χ3n) is 2.61. The fourth-order valence-corrected chi connectivity index (χ4v) is 2.19. The monoisotopic (exact) mass is 325 g/mol. The van der Waals surface area contributed by atoms with Crippen LogP contribution >= 0.6 is 11.6 Å². The van der Waals surface area contributed by atoms with Gasteiger partial charge in [-0.3, -0.25) is 0 Å². The van der Waals surface area contributed by atoms with E-state index in [1.807, 2.05) is 20.8 Å². The van der Waals surface area contributed by atoms with Crippen LogP contribution < -0.4 is 4.74 Å². The zero-order chi connectivity index (χ0) is 15.6. The molecule has 0 fully saturated rings. The molecule has 0 unspecified atom stereocenters. The van der Waals surface area contributed by atoms with Crippen molar-refractivity contribution in [1.29, 1.82) is 0 Å². The fraction of sp³-hybridized carbons (Fsp3) is 0.357. The number of hydrogen-bond acceptors (Lipinski definition) is 4. The molecule has 112 valence electrons. The Labute approximate surface area is 131 Å². The Morgan fingerprint density at radius 3 is 2.62 bits per heavy atom. The maximum Gasteiger partial charge on any atom is 0.241 e. The van der Waals surface area contributed by atoms with Gasteiger partial charge in [0.15, 0.2) is 0 Å². The molecule has 2 rings (SSSR count). The van der Waals surface area contributed by atoms with Gasteiger partial charge in [0.25, 0.3) is 0 Å². The first-order valence-electron chi connectivity index (χ1n) is 6.28. The van der Waals surface area contributed by atoms with Gasteiger partial charge in [0, 0.05) is 5.02 Å². The minimum atomic E-state index is -1.37. The number of nitrogens with zero attached hydrogens (tertiary/aromatic N) is 3. The van der Waals surface area contributed by atoms with Crippen LogP contribution in [0.15, 0.2) is 22.6 Å². The maximum absolute atomic E-state index is 12.0. The first kappa shape index (κ1) is 15.9. The molecule has 0 radical (unpaired) electrons. The summed E-state index contributed by atoms with van der Waals surface area (Å²) in [4.78, 5) is 8.75. The molecule has 0 aliphatic carbocycles. The van der Waals surface area contributed by atoms with Crippen LogP contribution in [0.1, 0.15) is 26.5 Å². The van der Waals surface area contributed by atoms with Gasteiger partial charge in [-0.1, -0.05) is 11.6 Å². The van der Waals surface area contributed by atoms with Gasteiger partial charge in [-0.25, -0.2) is 14.2 Å². The van der Waals surface area contributed by atoms with Crippen LogP contribution in [-0.4, -0.2) is 32.2 Å². The van der Waals surface area contributed by atoms with Crippen LogP contribution in [-0.2, 0) is 11.0 Å². The van der Waals surface area contributed by atoms with Crippen molar-refractivity contribution in [2.45, 2.75) is 25.5 Å². The van der Waals surface area contributed by atoms with Crippen LogP contribution in [0.2, 0.25) is 5.02 Å². The van der Waals surface area contributed by atoms with Crippen molar-refractivity contribution in [2.75, 3.05) is 7.11 Å². The fourth-order valence-electron chi connectivity index (χ4n) is 1.52. The largest absolute Gasteiger partial charge is 0.479 e. The van der Waals surface area contributed by atoms with Gasteiger partial charge in [0.05, 0.1) is 29.1 Å². The van der Waals surface area contributed by atoms with Crippen LogP contribution in [0.4, 0.5) is 0 Å². The van der Waals surface area contributed by atoms with E-state index in [0.717, 1.165) is 0 Å². The predicted molar refractivity (Wildman–Crippen MR) is 86.6 cm³/mol. The number of rotatable bonds is 3. The van der Waals surface area contributed by atoms with E-state index in [1.165, 1.54) is 13.3 Å². The summed E-state index contributed by atoms with van der Waals surface area (Å²) < 4.78 is 20.8. The van der Waals surface area contributed by atoms with E-state index in [-0.39, 0.29) is 0 Å². The van der Waals surface area contributed by atoms with Crippen LogP contribution in [0.5, 0.6) is 5.88 Å². The minimum absolute atomic E-state index is 0.333. The van der Waals surface area contributed by atoms with Crippen molar-refractivity contribution >= 4 is 39.8 Å². The average Bonchev–Trinajstić information content (AvgIpc) is 2.42. The molecular formula is C14H16ClN3O2S. The van der Waals surface area contributed by atoms with Crippen molar-refractivity contribution in [3.8, 4) is 5.88 Å². The van der Waals surface area contributed by atoms with Gasteiger partial charge in [-0.15, -0.1) is 0 Å². The lowest BCUT2D eigenvalue weighted by molar-refractivity contribution is 0.397. The van der Waals surface area contributed by atoms with Gasteiger partial charge < -0.3 is 4.74 Å². The molecule has 0 saturated carbocycles. The number of halogens is 1. The first-order valence-corrected chi connectivity index (χ1v) is 7.77. The molecular weight excluding hydrogens is 310 g/mol. The minimum Gasteiger partial charge on any atom is -0.479 e. The molecule has 0 spiro atoms. The lowest BCUT2D eigenvalue weighted by Gasteiger charge is -2.12. The summed E-state index contributed by atoms with van der Waals surface area (Å²) in [6, 6.07) is 5.21. The van der Waals surface area contributed by atoms with Gasteiger partial charge in [0.1, 0.15) is 16.7 Å². The number of hydrogen-bond donors (Lipinski definition) is 0. The van der Waals surface area contributed by atoms with Crippen molar-refractivity contribution in [2.24, 2.45) is 4.40 Å². The molecule has 7 heteroatoms. The number of fused-ring (bicyclic) bond motifs is 1. The topological polar surface area (TPSA) is 64.4 Å². The molecule has 1 heterocycles. The lowest BCUT2D eigenvalue weighted by Crippen LogP contribution is -2.19. The van der Waals surface area contributed by atoms with Crippen LogP contribution in [0.25, 0.3) is 11.0 Å². The third kappa shape index (κ3) is 3.77. The Kier molecular flexibility index (Phi) is 4.58. The van der Waals surface area contributed by atoms with E-state index >= 15 is 0 Å². The summed E-state index contributed by atoms with van der Waals surface area (Å²) >= 11 is 5.95. The highest BCUT2D eigenvalue weighted by atomic mass is 35.5. The summed E-state index contributed by atoms with van der Waals surface area (Å²) in [5.41, 5.74) is 1.72. The molecule has 0 saturated heterocycles. The molecule has 0 N–H and O–H groups in total. The zero-order valence-corrected chi connectivity index (χ0v) is 13.8. The molecule has 1 atom stereocenters. The van der Waals surface area contributed by atoms with E-state index in [9.17, 15) is 4.21 Å². The van der Waals surface area contributed by atoms with E-state index in [4.69, 9.17) is 16.3 Å². The van der Waals surface area contributed by atoms with E-state index in [2.05, 4.69) is 14.4 Å². The first-order chi connectivity index (χ1) is 9.81. The second kappa shape index (κ2) is 6.07. The van der Waals surface area contributed by atoms with Gasteiger partial charge in [0.2, 0.25) is 5.88 Å². The second-order valence-electron chi connectivity index (χ2n) is 5.35. The van der Waals surface area contributed by atoms with Gasteiger partial charge in [-0.05, 0) is 39.0 Å². The van der Waals surface area contributed by atoms with Crippen molar-refractivity contribution in [3.63, 3.8) is 0 Å². The molecule has 5 nitrogen and oxygen atoms in total. The summed E-state index contributed by atoms with van der Waals surface area (Å²) in [5.74, 6) is 0.333. The molecule has 1 aromatic heterocycles. The Morgan fingerprint density at radius 1 is 1.29 bits per heavy atom. The Morgan fingerprint density at radius 2 is 2.00 bits per heavy atom. The number of aromatic nitrogens is 2. The van der Waals surface area contributed by atoms with Crippen LogP contribution in [0.3, 0.4) is 0 Å². The quantitative estimate of drug-likeness (QED) is 0.813. The number of methoxy groups -OCH3 is 1. The normalized spacial score (nSPS) is 13.8. The third-order valence-corrected chi connectivity index (χ3v) is 4.19. The summed E-state index contributed by atoms with van der Waals surface area (Å²) in [5, 5.41) is 0.572. The molecule has 0 bridgehead atoms. The molecule has 0 aliphatic heterocycles. The Balaban J connectivity index is 2.47. The highest BCUT2D eigenvalue weighted by Crippen LogP contribution is 2.21. The van der Waals surface area contributed by atoms with E-state index < -0.39 is 15.7 Å². The maximum atomic E-state index is 12.0. The zero-order valence-electron chi connectivity index (χ0n) is 12.3. The van der Waals surface area contributed by atoms with E-state index in [0.29, 0.717) is 27.6 Å². The van der Waals surface area contributed by atoms with Crippen molar-refractivity contribution in [1.82, 2.24) is 9.97 Å². The highest BCUT2D eigenvalue weighted by Gasteiger charge is 2.18. The number of ether oxygens (including phenoxy) is 1. The summed E-state index contributed by atoms with van der Waals surface area (Å²) in [6.45, 7) is 5.55. The lowest BCUT2D eigenvalue weighted by atomic mass is 10.3. The SMILES string of the molecule is COc1nc2ccc(Cl)cc2nc1/C=N/[S@@](=O)C(C)(C)C. The summed E-state index contributed by atoms with van der Waals surface area (Å²) in [6.07, 6.45) is 1.42. The summed E-state index contributed by atoms with van der Waals surface area (Å²) in [7, 11) is 0.138.